The third-order valence-electron chi connectivity index (χ3n) is 4.08. The molecule has 0 aliphatic carbocycles. The highest BCUT2D eigenvalue weighted by atomic mass is 16.2. The zero-order valence-corrected chi connectivity index (χ0v) is 14.1. The van der Waals surface area contributed by atoms with Gasteiger partial charge in [-0.05, 0) is 30.0 Å². The van der Waals surface area contributed by atoms with Gasteiger partial charge in [0.15, 0.2) is 0 Å². The molecule has 0 aromatic heterocycles. The van der Waals surface area contributed by atoms with E-state index in [2.05, 4.69) is 25.7 Å². The minimum atomic E-state index is 0.124. The summed E-state index contributed by atoms with van der Waals surface area (Å²) in [6.07, 6.45) is 4.79. The quantitative estimate of drug-likeness (QED) is 0.797. The van der Waals surface area contributed by atoms with Crippen LogP contribution in [0.25, 0.3) is 6.08 Å². The number of carbonyl (C=O) groups excluding carboxylic acids is 1. The van der Waals surface area contributed by atoms with Crippen molar-refractivity contribution in [2.45, 2.75) is 27.2 Å². The molecule has 0 N–H and O–H groups in total. The Bertz CT molecular complexity index is 494. The van der Waals surface area contributed by atoms with Crippen LogP contribution in [-0.4, -0.2) is 48.4 Å². The summed E-state index contributed by atoms with van der Waals surface area (Å²) in [5, 5.41) is 0. The maximum Gasteiger partial charge on any atom is 0.246 e. The van der Waals surface area contributed by atoms with E-state index in [1.54, 1.807) is 6.08 Å². The number of nitrogens with zero attached hydrogens (tertiary/aromatic N) is 2. The first-order valence-electron chi connectivity index (χ1n) is 8.18. The molecule has 0 radical (unpaired) electrons. The first kappa shape index (κ1) is 16.8. The standard InChI is InChI=1S/C19H28N2O/c1-19(2,3)11-12-20-13-15-21(16-14-20)18(22)10-9-17-7-5-4-6-8-17/h4-10H,11-16H2,1-3H3/b10-9+. The van der Waals surface area contributed by atoms with Crippen LogP contribution in [0.5, 0.6) is 0 Å². The molecule has 1 aromatic carbocycles. The lowest BCUT2D eigenvalue weighted by molar-refractivity contribution is -0.127. The maximum atomic E-state index is 12.2. The fraction of sp³-hybridized carbons (Fsp3) is 0.526. The molecule has 1 aliphatic rings. The molecular formula is C19H28N2O. The summed E-state index contributed by atoms with van der Waals surface area (Å²) < 4.78 is 0. The molecule has 3 nitrogen and oxygen atoms in total. The highest BCUT2D eigenvalue weighted by Crippen LogP contribution is 2.19. The summed E-state index contributed by atoms with van der Waals surface area (Å²) in [6.45, 7) is 11.6. The second-order valence-corrected chi connectivity index (χ2v) is 7.22. The van der Waals surface area contributed by atoms with E-state index in [1.165, 1.54) is 6.42 Å². The topological polar surface area (TPSA) is 23.6 Å². The van der Waals surface area contributed by atoms with Gasteiger partial charge >= 0.3 is 0 Å². The molecule has 1 saturated heterocycles. The predicted molar refractivity (Wildman–Crippen MR) is 92.6 cm³/mol. The van der Waals surface area contributed by atoms with Crippen LogP contribution in [0.3, 0.4) is 0 Å². The Kier molecular flexibility index (Phi) is 5.78. The first-order valence-corrected chi connectivity index (χ1v) is 8.18. The van der Waals surface area contributed by atoms with Gasteiger partial charge in [-0.25, -0.2) is 0 Å². The summed E-state index contributed by atoms with van der Waals surface area (Å²) in [5.41, 5.74) is 1.45. The Morgan fingerprint density at radius 1 is 1.09 bits per heavy atom. The molecule has 3 heteroatoms. The molecule has 22 heavy (non-hydrogen) atoms. The van der Waals surface area contributed by atoms with Gasteiger partial charge in [-0.1, -0.05) is 51.1 Å². The Morgan fingerprint density at radius 2 is 1.73 bits per heavy atom. The van der Waals surface area contributed by atoms with Crippen LogP contribution in [0.4, 0.5) is 0 Å². The van der Waals surface area contributed by atoms with Gasteiger partial charge in [0.25, 0.3) is 0 Å². The number of piperazine rings is 1. The third-order valence-corrected chi connectivity index (χ3v) is 4.08. The summed E-state index contributed by atoms with van der Waals surface area (Å²) >= 11 is 0. The molecule has 0 atom stereocenters. The number of carbonyl (C=O) groups is 1. The number of hydrogen-bond acceptors (Lipinski definition) is 2. The molecule has 1 aliphatic heterocycles. The van der Waals surface area contributed by atoms with Crippen LogP contribution in [-0.2, 0) is 4.79 Å². The fourth-order valence-corrected chi connectivity index (χ4v) is 2.52. The van der Waals surface area contributed by atoms with Crippen molar-refractivity contribution in [1.29, 1.82) is 0 Å². The lowest BCUT2D eigenvalue weighted by atomic mass is 9.92. The van der Waals surface area contributed by atoms with Crippen LogP contribution in [0, 0.1) is 5.41 Å². The molecule has 1 heterocycles. The zero-order valence-electron chi connectivity index (χ0n) is 14.1. The maximum absolute atomic E-state index is 12.2. The van der Waals surface area contributed by atoms with Crippen LogP contribution in [0.1, 0.15) is 32.8 Å². The lowest BCUT2D eigenvalue weighted by Gasteiger charge is -2.35. The van der Waals surface area contributed by atoms with Crippen molar-refractivity contribution >= 4 is 12.0 Å². The lowest BCUT2D eigenvalue weighted by Crippen LogP contribution is -2.48. The van der Waals surface area contributed by atoms with Crippen molar-refractivity contribution in [2.24, 2.45) is 5.41 Å². The molecule has 1 fully saturated rings. The van der Waals surface area contributed by atoms with Gasteiger partial charge in [0.2, 0.25) is 5.91 Å². The van der Waals surface area contributed by atoms with Crippen LogP contribution >= 0.6 is 0 Å². The van der Waals surface area contributed by atoms with Crippen molar-refractivity contribution in [3.63, 3.8) is 0 Å². The smallest absolute Gasteiger partial charge is 0.246 e. The minimum absolute atomic E-state index is 0.124. The second-order valence-electron chi connectivity index (χ2n) is 7.22. The van der Waals surface area contributed by atoms with Gasteiger partial charge in [-0.15, -0.1) is 0 Å². The van der Waals surface area contributed by atoms with Gasteiger partial charge < -0.3 is 4.90 Å². The fourth-order valence-electron chi connectivity index (χ4n) is 2.52. The van der Waals surface area contributed by atoms with Crippen LogP contribution in [0.15, 0.2) is 36.4 Å². The Balaban J connectivity index is 1.76. The predicted octanol–water partition coefficient (Wildman–Crippen LogP) is 3.28. The molecule has 0 spiro atoms. The largest absolute Gasteiger partial charge is 0.337 e. The Morgan fingerprint density at radius 3 is 2.32 bits per heavy atom. The normalized spacial score (nSPS) is 17.1. The minimum Gasteiger partial charge on any atom is -0.337 e. The molecule has 120 valence electrons. The first-order chi connectivity index (χ1) is 10.4. The molecule has 0 unspecified atom stereocenters. The molecule has 0 saturated carbocycles. The monoisotopic (exact) mass is 300 g/mol. The number of rotatable bonds is 4. The third kappa shape index (κ3) is 5.64. The highest BCUT2D eigenvalue weighted by Gasteiger charge is 2.20. The van der Waals surface area contributed by atoms with E-state index >= 15 is 0 Å². The van der Waals surface area contributed by atoms with Crippen LogP contribution < -0.4 is 0 Å². The van der Waals surface area contributed by atoms with Gasteiger partial charge in [-0.2, -0.15) is 0 Å². The molecular weight excluding hydrogens is 272 g/mol. The zero-order chi connectivity index (χ0) is 16.0. The SMILES string of the molecule is CC(C)(C)CCN1CCN(C(=O)/C=C/c2ccccc2)CC1. The van der Waals surface area contributed by atoms with E-state index in [0.717, 1.165) is 38.3 Å². The summed E-state index contributed by atoms with van der Waals surface area (Å²) in [6, 6.07) is 9.97. The molecule has 1 amide bonds. The van der Waals surface area contributed by atoms with Gasteiger partial charge in [0, 0.05) is 32.3 Å². The second kappa shape index (κ2) is 7.59. The van der Waals surface area contributed by atoms with E-state index in [9.17, 15) is 4.79 Å². The average molecular weight is 300 g/mol. The Labute approximate surface area is 134 Å². The average Bonchev–Trinajstić information content (AvgIpc) is 2.51. The van der Waals surface area contributed by atoms with E-state index in [1.807, 2.05) is 41.3 Å². The summed E-state index contributed by atoms with van der Waals surface area (Å²) in [5.74, 6) is 0.124. The molecule has 2 rings (SSSR count). The van der Waals surface area contributed by atoms with E-state index in [0.29, 0.717) is 5.41 Å². The summed E-state index contributed by atoms with van der Waals surface area (Å²) in [7, 11) is 0. The van der Waals surface area contributed by atoms with E-state index in [4.69, 9.17) is 0 Å². The van der Waals surface area contributed by atoms with E-state index in [-0.39, 0.29) is 5.91 Å². The van der Waals surface area contributed by atoms with Crippen LogP contribution in [0.2, 0.25) is 0 Å². The number of hydrogen-bond donors (Lipinski definition) is 0. The van der Waals surface area contributed by atoms with Crippen molar-refractivity contribution < 1.29 is 4.79 Å². The molecule has 0 bridgehead atoms. The summed E-state index contributed by atoms with van der Waals surface area (Å²) in [4.78, 5) is 16.6. The number of benzene rings is 1. The number of amides is 1. The van der Waals surface area contributed by atoms with E-state index < -0.39 is 0 Å². The van der Waals surface area contributed by atoms with Gasteiger partial charge in [0.1, 0.15) is 0 Å². The van der Waals surface area contributed by atoms with Crippen molar-refractivity contribution in [2.75, 3.05) is 32.7 Å². The van der Waals surface area contributed by atoms with Gasteiger partial charge in [0.05, 0.1) is 0 Å². The highest BCUT2D eigenvalue weighted by molar-refractivity contribution is 5.91. The van der Waals surface area contributed by atoms with Crippen molar-refractivity contribution in [3.05, 3.63) is 42.0 Å². The van der Waals surface area contributed by atoms with Gasteiger partial charge in [-0.3, -0.25) is 9.69 Å². The molecule has 1 aromatic rings. The van der Waals surface area contributed by atoms with Crippen molar-refractivity contribution in [3.8, 4) is 0 Å². The van der Waals surface area contributed by atoms with Crippen molar-refractivity contribution in [1.82, 2.24) is 9.80 Å². The Hall–Kier alpha value is -1.61.